The average molecular weight is 681 g/mol. The molecule has 0 aromatic heterocycles. The van der Waals surface area contributed by atoms with Crippen molar-refractivity contribution in [2.24, 2.45) is 0 Å². The highest BCUT2D eigenvalue weighted by Crippen LogP contribution is 2.32. The number of esters is 1. The molecule has 2 aromatic rings. The number of phenolic OH excluding ortho intramolecular Hbond substituents is 2. The third-order valence-corrected chi connectivity index (χ3v) is 8.20. The van der Waals surface area contributed by atoms with Crippen molar-refractivity contribution in [3.63, 3.8) is 0 Å². The number of aliphatic hydroxyl groups excluding tert-OH is 5. The van der Waals surface area contributed by atoms with Gasteiger partial charge in [0.05, 0.1) is 26.4 Å². The molecule has 2 saturated heterocycles. The largest absolute Gasteiger partial charge is 0.504 e. The molecule has 266 valence electrons. The Morgan fingerprint density at radius 2 is 1.58 bits per heavy atom. The van der Waals surface area contributed by atoms with Crippen LogP contribution in [0.15, 0.2) is 42.5 Å². The first kappa shape index (κ1) is 37.3. The van der Waals surface area contributed by atoms with Crippen LogP contribution in [-0.2, 0) is 34.9 Å². The zero-order valence-electron chi connectivity index (χ0n) is 27.0. The number of rotatable bonds is 13. The molecule has 15 heteroatoms. The lowest BCUT2D eigenvalue weighted by atomic mass is 9.97. The molecular weight excluding hydrogens is 636 g/mol. The molecule has 2 fully saturated rings. The van der Waals surface area contributed by atoms with Gasteiger partial charge in [-0.2, -0.15) is 0 Å². The standard InChI is InChI=1S/C33H44O15/c1-16(5-6-19-8-11-22(42-3)23(14-19)43-4)45-33-30(41)31(48-32-29(40)28(39)26(37)17(2)46-32)27(38)24(47-33)15-44-25(36)12-9-18-7-10-20(34)21(35)13-18/h7-14,16-17,24,26-35,37-41H,5-6,15H2,1-4H3/b12-9+/t16-,17-,24+,26-,27+,28+,29+,30+,31-,32-,33+/m0/s1. The maximum Gasteiger partial charge on any atom is 0.330 e. The molecule has 2 aliphatic rings. The number of carbonyl (C=O) groups is 1. The second-order valence-electron chi connectivity index (χ2n) is 11.7. The highest BCUT2D eigenvalue weighted by atomic mass is 16.7. The Hall–Kier alpha value is -3.51. The molecule has 4 rings (SSSR count). The molecule has 0 radical (unpaired) electrons. The zero-order valence-corrected chi connectivity index (χ0v) is 27.0. The summed E-state index contributed by atoms with van der Waals surface area (Å²) >= 11 is 0. The zero-order chi connectivity index (χ0) is 35.1. The molecule has 0 aliphatic carbocycles. The van der Waals surface area contributed by atoms with Gasteiger partial charge in [0.1, 0.15) is 49.3 Å². The fraction of sp³-hybridized carbons (Fsp3) is 0.545. The lowest BCUT2D eigenvalue weighted by Crippen LogP contribution is -2.64. The van der Waals surface area contributed by atoms with Crippen molar-refractivity contribution >= 4 is 12.0 Å². The minimum Gasteiger partial charge on any atom is -0.504 e. The van der Waals surface area contributed by atoms with Crippen LogP contribution in [0.5, 0.6) is 23.0 Å². The number of aromatic hydroxyl groups is 2. The first-order valence-electron chi connectivity index (χ1n) is 15.4. The number of hydrogen-bond donors (Lipinski definition) is 7. The van der Waals surface area contributed by atoms with Crippen molar-refractivity contribution in [3.05, 3.63) is 53.6 Å². The maximum absolute atomic E-state index is 12.5. The molecule has 2 aromatic carbocycles. The average Bonchev–Trinajstić information content (AvgIpc) is 3.07. The summed E-state index contributed by atoms with van der Waals surface area (Å²) in [4.78, 5) is 12.5. The first-order valence-corrected chi connectivity index (χ1v) is 15.4. The topological polar surface area (TPSA) is 223 Å². The number of phenols is 2. The van der Waals surface area contributed by atoms with Gasteiger partial charge in [0, 0.05) is 6.08 Å². The predicted octanol–water partition coefficient (Wildman–Crippen LogP) is 0.369. The number of carbonyl (C=O) groups excluding carboxylic acids is 1. The molecule has 7 N–H and O–H groups in total. The normalized spacial score (nSPS) is 31.4. The fourth-order valence-corrected chi connectivity index (χ4v) is 5.32. The SMILES string of the molecule is COc1ccc(CC[C@H](C)O[C@@H]2O[C@H](COC(=O)/C=C/c3ccc(O)c(O)c3)[C@@H](O)[C@H](O[C@@H]3O[C@@H](C)[C@H](O)[C@@H](O)[C@H]3O)[C@H]2O)cc1OC. The van der Waals surface area contributed by atoms with E-state index < -0.39 is 80.1 Å². The van der Waals surface area contributed by atoms with E-state index in [4.69, 9.17) is 33.2 Å². The van der Waals surface area contributed by atoms with Crippen LogP contribution in [0.3, 0.4) is 0 Å². The summed E-state index contributed by atoms with van der Waals surface area (Å²) in [6.07, 6.45) is -11.8. The van der Waals surface area contributed by atoms with Gasteiger partial charge in [0.15, 0.2) is 35.6 Å². The Morgan fingerprint density at radius 1 is 0.854 bits per heavy atom. The van der Waals surface area contributed by atoms with E-state index in [-0.39, 0.29) is 11.5 Å². The molecule has 0 bridgehead atoms. The molecule has 2 aliphatic heterocycles. The van der Waals surface area contributed by atoms with E-state index in [1.54, 1.807) is 20.1 Å². The first-order chi connectivity index (χ1) is 22.8. The van der Waals surface area contributed by atoms with Gasteiger partial charge in [0.2, 0.25) is 0 Å². The minimum absolute atomic E-state index is 0.324. The van der Waals surface area contributed by atoms with Crippen LogP contribution in [-0.4, -0.2) is 130 Å². The lowest BCUT2D eigenvalue weighted by molar-refractivity contribution is -0.360. The summed E-state index contributed by atoms with van der Waals surface area (Å²) in [6, 6.07) is 9.45. The predicted molar refractivity (Wildman–Crippen MR) is 166 cm³/mol. The van der Waals surface area contributed by atoms with E-state index in [1.807, 2.05) is 12.1 Å². The van der Waals surface area contributed by atoms with Crippen molar-refractivity contribution in [2.45, 2.75) is 94.2 Å². The number of aryl methyl sites for hydroxylation is 1. The van der Waals surface area contributed by atoms with E-state index in [0.29, 0.717) is 29.9 Å². The van der Waals surface area contributed by atoms with Gasteiger partial charge in [-0.25, -0.2) is 4.79 Å². The van der Waals surface area contributed by atoms with Crippen LogP contribution in [0, 0.1) is 0 Å². The Balaban J connectivity index is 1.45. The van der Waals surface area contributed by atoms with E-state index in [0.717, 1.165) is 11.6 Å². The fourth-order valence-electron chi connectivity index (χ4n) is 5.32. The monoisotopic (exact) mass is 680 g/mol. The lowest BCUT2D eigenvalue weighted by Gasteiger charge is -2.46. The van der Waals surface area contributed by atoms with Gasteiger partial charge in [-0.3, -0.25) is 0 Å². The third kappa shape index (κ3) is 9.13. The molecule has 0 amide bonds. The Bertz CT molecular complexity index is 1380. The summed E-state index contributed by atoms with van der Waals surface area (Å²) < 4.78 is 39.1. The number of hydrogen-bond acceptors (Lipinski definition) is 15. The minimum atomic E-state index is -1.72. The molecule has 0 spiro atoms. The van der Waals surface area contributed by atoms with Crippen molar-refractivity contribution in [3.8, 4) is 23.0 Å². The summed E-state index contributed by atoms with van der Waals surface area (Å²) in [5.41, 5.74) is 1.33. The maximum atomic E-state index is 12.5. The molecule has 48 heavy (non-hydrogen) atoms. The van der Waals surface area contributed by atoms with Crippen molar-refractivity contribution in [1.82, 2.24) is 0 Å². The Morgan fingerprint density at radius 3 is 2.27 bits per heavy atom. The molecule has 11 atom stereocenters. The van der Waals surface area contributed by atoms with E-state index >= 15 is 0 Å². The third-order valence-electron chi connectivity index (χ3n) is 8.20. The summed E-state index contributed by atoms with van der Waals surface area (Å²) in [6.45, 7) is 2.70. The summed E-state index contributed by atoms with van der Waals surface area (Å²) in [5, 5.41) is 72.4. The van der Waals surface area contributed by atoms with Gasteiger partial charge < -0.3 is 68.9 Å². The highest BCUT2D eigenvalue weighted by Gasteiger charge is 2.51. The van der Waals surface area contributed by atoms with Crippen LogP contribution in [0.4, 0.5) is 0 Å². The molecule has 0 unspecified atom stereocenters. The summed E-state index contributed by atoms with van der Waals surface area (Å²) in [5.74, 6) is -0.383. The second-order valence-corrected chi connectivity index (χ2v) is 11.7. The van der Waals surface area contributed by atoms with E-state index in [1.165, 1.54) is 38.3 Å². The van der Waals surface area contributed by atoms with E-state index in [2.05, 4.69) is 0 Å². The summed E-state index contributed by atoms with van der Waals surface area (Å²) in [7, 11) is 3.08. The van der Waals surface area contributed by atoms with Crippen molar-refractivity contribution in [2.75, 3.05) is 20.8 Å². The van der Waals surface area contributed by atoms with Crippen LogP contribution >= 0.6 is 0 Å². The van der Waals surface area contributed by atoms with Crippen molar-refractivity contribution < 1.29 is 73.7 Å². The van der Waals surface area contributed by atoms with Gasteiger partial charge in [0.25, 0.3) is 0 Å². The second kappa shape index (κ2) is 16.7. The molecule has 0 saturated carbocycles. The smallest absolute Gasteiger partial charge is 0.330 e. The van der Waals surface area contributed by atoms with Gasteiger partial charge in [-0.1, -0.05) is 12.1 Å². The van der Waals surface area contributed by atoms with Gasteiger partial charge in [-0.05, 0) is 68.2 Å². The van der Waals surface area contributed by atoms with Crippen LogP contribution < -0.4 is 9.47 Å². The number of aliphatic hydroxyl groups is 5. The van der Waals surface area contributed by atoms with Gasteiger partial charge in [-0.15, -0.1) is 0 Å². The van der Waals surface area contributed by atoms with Crippen LogP contribution in [0.25, 0.3) is 6.08 Å². The quantitative estimate of drug-likeness (QED) is 0.0863. The van der Waals surface area contributed by atoms with Crippen molar-refractivity contribution in [1.29, 1.82) is 0 Å². The number of benzene rings is 2. The van der Waals surface area contributed by atoms with Crippen LogP contribution in [0.2, 0.25) is 0 Å². The molecule has 2 heterocycles. The number of ether oxygens (including phenoxy) is 7. The molecular formula is C33H44O15. The highest BCUT2D eigenvalue weighted by molar-refractivity contribution is 5.87. The van der Waals surface area contributed by atoms with Crippen LogP contribution in [0.1, 0.15) is 31.4 Å². The Labute approximate surface area is 277 Å². The number of methoxy groups -OCH3 is 2. The van der Waals surface area contributed by atoms with E-state index in [9.17, 15) is 40.5 Å². The van der Waals surface area contributed by atoms with Gasteiger partial charge >= 0.3 is 5.97 Å². The molecule has 15 nitrogen and oxygen atoms in total. The Kier molecular flexibility index (Phi) is 13.0.